The summed E-state index contributed by atoms with van der Waals surface area (Å²) >= 11 is 4.65. The van der Waals surface area contributed by atoms with Crippen molar-refractivity contribution in [3.63, 3.8) is 0 Å². The molecule has 2 aromatic carbocycles. The van der Waals surface area contributed by atoms with Crippen LogP contribution in [0.2, 0.25) is 0 Å². The maximum atomic E-state index is 13.1. The summed E-state index contributed by atoms with van der Waals surface area (Å²) in [7, 11) is 0. The summed E-state index contributed by atoms with van der Waals surface area (Å²) in [5.74, 6) is -0.535. The lowest BCUT2D eigenvalue weighted by atomic mass is 10.1. The summed E-state index contributed by atoms with van der Waals surface area (Å²) in [5, 5.41) is 17.2. The number of rotatable bonds is 7. The molecule has 0 aliphatic carbocycles. The predicted octanol–water partition coefficient (Wildman–Crippen LogP) is 4.44. The molecule has 3 N–H and O–H groups in total. The number of nitrogens with one attached hydrogen (secondary N) is 2. The highest BCUT2D eigenvalue weighted by molar-refractivity contribution is 9.10. The number of amides is 1. The minimum Gasteiger partial charge on any atom is -0.396 e. The van der Waals surface area contributed by atoms with Gasteiger partial charge in [0.25, 0.3) is 5.91 Å². The number of halogens is 2. The van der Waals surface area contributed by atoms with E-state index in [1.54, 1.807) is 18.2 Å². The molecule has 0 spiro atoms. The molecule has 1 heterocycles. The molecule has 8 heteroatoms. The van der Waals surface area contributed by atoms with E-state index < -0.39 is 0 Å². The van der Waals surface area contributed by atoms with E-state index in [9.17, 15) is 9.18 Å². The lowest BCUT2D eigenvalue weighted by Crippen LogP contribution is -2.12. The number of hydrogen-bond acceptors (Lipinski definition) is 5. The number of nitrogens with zero attached hydrogens (tertiary/aromatic N) is 1. The third-order valence-electron chi connectivity index (χ3n) is 3.77. The zero-order chi connectivity index (χ0) is 19.2. The number of anilines is 2. The first kappa shape index (κ1) is 19.5. The van der Waals surface area contributed by atoms with E-state index in [0.717, 1.165) is 16.9 Å². The molecule has 0 saturated heterocycles. The Morgan fingerprint density at radius 2 is 2.00 bits per heavy atom. The molecular formula is C19H17BrFN3O2S. The zero-order valence-electron chi connectivity index (χ0n) is 14.2. The van der Waals surface area contributed by atoms with Crippen molar-refractivity contribution in [3.05, 3.63) is 75.0 Å². The summed E-state index contributed by atoms with van der Waals surface area (Å²) in [5.41, 5.74) is 3.06. The van der Waals surface area contributed by atoms with Crippen LogP contribution in [0.5, 0.6) is 0 Å². The van der Waals surface area contributed by atoms with Crippen LogP contribution < -0.4 is 10.6 Å². The first-order valence-corrected chi connectivity index (χ1v) is 9.87. The summed E-state index contributed by atoms with van der Waals surface area (Å²) in [6.07, 6.45) is 0.470. The second kappa shape index (κ2) is 9.07. The van der Waals surface area contributed by atoms with Gasteiger partial charge in [-0.2, -0.15) is 0 Å². The lowest BCUT2D eigenvalue weighted by molar-refractivity contribution is 0.102. The second-order valence-electron chi connectivity index (χ2n) is 5.75. The van der Waals surface area contributed by atoms with E-state index in [0.29, 0.717) is 28.1 Å². The Balaban J connectivity index is 1.58. The normalized spacial score (nSPS) is 10.6. The Kier molecular flexibility index (Phi) is 6.54. The van der Waals surface area contributed by atoms with Crippen molar-refractivity contribution in [1.82, 2.24) is 4.98 Å². The lowest BCUT2D eigenvalue weighted by Gasteiger charge is -2.09. The van der Waals surface area contributed by atoms with Crippen LogP contribution >= 0.6 is 27.3 Å². The fourth-order valence-corrected chi connectivity index (χ4v) is 3.60. The summed E-state index contributed by atoms with van der Waals surface area (Å²) in [6, 6.07) is 11.7. The highest BCUT2D eigenvalue weighted by Gasteiger charge is 2.09. The van der Waals surface area contributed by atoms with E-state index in [-0.39, 0.29) is 18.3 Å². The van der Waals surface area contributed by atoms with Gasteiger partial charge in [-0.05, 0) is 51.8 Å². The van der Waals surface area contributed by atoms with E-state index >= 15 is 0 Å². The van der Waals surface area contributed by atoms with E-state index in [1.165, 1.54) is 23.5 Å². The van der Waals surface area contributed by atoms with E-state index in [4.69, 9.17) is 5.11 Å². The largest absolute Gasteiger partial charge is 0.396 e. The van der Waals surface area contributed by atoms with E-state index in [2.05, 4.69) is 31.5 Å². The molecule has 3 aromatic rings. The van der Waals surface area contributed by atoms with Gasteiger partial charge in [0.05, 0.1) is 5.69 Å². The highest BCUT2D eigenvalue weighted by Crippen LogP contribution is 2.23. The molecule has 0 fully saturated rings. The monoisotopic (exact) mass is 449 g/mol. The van der Waals surface area contributed by atoms with Crippen LogP contribution in [0.3, 0.4) is 0 Å². The van der Waals surface area contributed by atoms with Crippen LogP contribution in [0.15, 0.2) is 52.3 Å². The molecule has 0 atom stereocenters. The van der Waals surface area contributed by atoms with Gasteiger partial charge in [0, 0.05) is 40.7 Å². The second-order valence-corrected chi connectivity index (χ2v) is 7.46. The Morgan fingerprint density at radius 1 is 1.22 bits per heavy atom. The Morgan fingerprint density at radius 3 is 2.70 bits per heavy atom. The van der Waals surface area contributed by atoms with Crippen LogP contribution in [0.25, 0.3) is 0 Å². The molecule has 0 saturated carbocycles. The molecule has 5 nitrogen and oxygen atoms in total. The number of hydrogen-bond donors (Lipinski definition) is 3. The number of benzene rings is 2. The molecular weight excluding hydrogens is 433 g/mol. The van der Waals surface area contributed by atoms with Crippen LogP contribution in [0.4, 0.5) is 15.2 Å². The molecule has 3 rings (SSSR count). The molecule has 27 heavy (non-hydrogen) atoms. The molecule has 0 bridgehead atoms. The molecule has 140 valence electrons. The minimum absolute atomic E-state index is 0.0289. The smallest absolute Gasteiger partial charge is 0.257 e. The molecule has 0 aliphatic heterocycles. The van der Waals surface area contributed by atoms with Gasteiger partial charge >= 0.3 is 0 Å². The van der Waals surface area contributed by atoms with Gasteiger partial charge in [-0.15, -0.1) is 11.3 Å². The van der Waals surface area contributed by atoms with Crippen LogP contribution in [0.1, 0.15) is 21.6 Å². The summed E-state index contributed by atoms with van der Waals surface area (Å²) in [4.78, 5) is 16.5. The highest BCUT2D eigenvalue weighted by atomic mass is 79.9. The van der Waals surface area contributed by atoms with Crippen molar-refractivity contribution in [3.8, 4) is 0 Å². The van der Waals surface area contributed by atoms with Gasteiger partial charge in [0.1, 0.15) is 5.82 Å². The van der Waals surface area contributed by atoms with Crippen molar-refractivity contribution in [2.75, 3.05) is 17.2 Å². The summed E-state index contributed by atoms with van der Waals surface area (Å²) < 4.78 is 13.8. The van der Waals surface area contributed by atoms with Crippen LogP contribution in [0, 0.1) is 5.82 Å². The number of carbonyl (C=O) groups excluding carboxylic acids is 1. The third kappa shape index (κ3) is 5.35. The van der Waals surface area contributed by atoms with Gasteiger partial charge < -0.3 is 10.4 Å². The molecule has 1 amide bonds. The van der Waals surface area contributed by atoms with E-state index in [1.807, 2.05) is 17.5 Å². The van der Waals surface area contributed by atoms with Gasteiger partial charge in [-0.25, -0.2) is 9.37 Å². The average molecular weight is 450 g/mol. The van der Waals surface area contributed by atoms with Crippen molar-refractivity contribution in [2.24, 2.45) is 0 Å². The molecule has 1 aromatic heterocycles. The number of aliphatic hydroxyl groups excluding tert-OH is 1. The molecule has 0 unspecified atom stereocenters. The number of carbonyl (C=O) groups is 1. The minimum atomic E-state index is -0.300. The maximum Gasteiger partial charge on any atom is 0.257 e. The SMILES string of the molecule is O=C(Nc1nc(CCO)cs1)c1ccc(CNc2ccc(F)cc2Br)cc1. The standard InChI is InChI=1S/C19H17BrFN3O2S/c20-16-9-14(21)5-6-17(16)22-10-12-1-3-13(4-2-12)18(26)24-19-23-15(7-8-25)11-27-19/h1-6,9,11,22,25H,7-8,10H2,(H,23,24,26). The molecule has 0 aliphatic rings. The van der Waals surface area contributed by atoms with Crippen molar-refractivity contribution >= 4 is 44.0 Å². The van der Waals surface area contributed by atoms with Crippen LogP contribution in [-0.2, 0) is 13.0 Å². The van der Waals surface area contributed by atoms with Gasteiger partial charge in [0.2, 0.25) is 0 Å². The number of aliphatic hydroxyl groups is 1. The Labute approximate surface area is 168 Å². The topological polar surface area (TPSA) is 74.2 Å². The average Bonchev–Trinajstić information content (AvgIpc) is 3.09. The quantitative estimate of drug-likeness (QED) is 0.498. The van der Waals surface area contributed by atoms with Gasteiger partial charge in [-0.1, -0.05) is 12.1 Å². The predicted molar refractivity (Wildman–Crippen MR) is 109 cm³/mol. The maximum absolute atomic E-state index is 13.1. The Bertz CT molecular complexity index is 931. The summed E-state index contributed by atoms with van der Waals surface area (Å²) in [6.45, 7) is 0.574. The number of aromatic nitrogens is 1. The van der Waals surface area contributed by atoms with Crippen LogP contribution in [-0.4, -0.2) is 22.6 Å². The van der Waals surface area contributed by atoms with Gasteiger partial charge in [-0.3, -0.25) is 10.1 Å². The zero-order valence-corrected chi connectivity index (χ0v) is 16.6. The first-order valence-electron chi connectivity index (χ1n) is 8.19. The fraction of sp³-hybridized carbons (Fsp3) is 0.158. The number of thiazole rings is 1. The third-order valence-corrected chi connectivity index (χ3v) is 5.23. The van der Waals surface area contributed by atoms with Crippen molar-refractivity contribution in [1.29, 1.82) is 0 Å². The molecule has 0 radical (unpaired) electrons. The van der Waals surface area contributed by atoms with Crippen molar-refractivity contribution in [2.45, 2.75) is 13.0 Å². The Hall–Kier alpha value is -2.29. The first-order chi connectivity index (χ1) is 13.0. The fourth-order valence-electron chi connectivity index (χ4n) is 2.37. The van der Waals surface area contributed by atoms with Crippen molar-refractivity contribution < 1.29 is 14.3 Å². The van der Waals surface area contributed by atoms with Gasteiger partial charge in [0.15, 0.2) is 5.13 Å².